The minimum atomic E-state index is -0.792. The Bertz CT molecular complexity index is 1890. The summed E-state index contributed by atoms with van der Waals surface area (Å²) >= 11 is 1.23. The number of esters is 1. The summed E-state index contributed by atoms with van der Waals surface area (Å²) < 4.78 is 24.0. The van der Waals surface area contributed by atoms with Gasteiger partial charge >= 0.3 is 5.97 Å². The molecule has 0 amide bonds. The summed E-state index contributed by atoms with van der Waals surface area (Å²) in [7, 11) is 1.58. The number of nitriles is 1. The van der Waals surface area contributed by atoms with Crippen LogP contribution >= 0.6 is 11.3 Å². The van der Waals surface area contributed by atoms with E-state index in [0.717, 1.165) is 5.56 Å². The van der Waals surface area contributed by atoms with Crippen molar-refractivity contribution >= 4 is 29.1 Å². The van der Waals surface area contributed by atoms with Crippen molar-refractivity contribution in [3.63, 3.8) is 0 Å². The Hall–Kier alpha value is -5.14. The standard InChI is InChI=1S/C33H29N3O6S/c1-4-40-26-19-21(11-16-25(26)42-18-17-34)20-27-31(37)36-30(23-12-14-24(39-3)15-13-23)28(32(38)41-5-2)29(35-33(36)43-27)22-9-7-6-8-10-22/h6-16,19-20,30H,4-5,18H2,1-3H3/b27-20-/t30-/m1/s1. The summed E-state index contributed by atoms with van der Waals surface area (Å²) in [6.07, 6.45) is 1.75. The van der Waals surface area contributed by atoms with Crippen LogP contribution in [0.1, 0.15) is 36.6 Å². The lowest BCUT2D eigenvalue weighted by atomic mass is 9.93. The van der Waals surface area contributed by atoms with Gasteiger partial charge in [-0.3, -0.25) is 9.36 Å². The van der Waals surface area contributed by atoms with Crippen molar-refractivity contribution in [2.75, 3.05) is 26.9 Å². The van der Waals surface area contributed by atoms with Crippen LogP contribution in [-0.2, 0) is 9.53 Å². The summed E-state index contributed by atoms with van der Waals surface area (Å²) in [4.78, 5) is 33.0. The van der Waals surface area contributed by atoms with Crippen LogP contribution in [0.25, 0.3) is 11.8 Å². The van der Waals surface area contributed by atoms with Crippen molar-refractivity contribution < 1.29 is 23.7 Å². The summed E-state index contributed by atoms with van der Waals surface area (Å²) in [5.74, 6) is 1.00. The second kappa shape index (κ2) is 13.2. The molecule has 43 heavy (non-hydrogen) atoms. The molecule has 0 N–H and O–H groups in total. The maximum Gasteiger partial charge on any atom is 0.338 e. The van der Waals surface area contributed by atoms with Gasteiger partial charge in [0.2, 0.25) is 0 Å². The summed E-state index contributed by atoms with van der Waals surface area (Å²) in [6.45, 7) is 4.04. The third-order valence-electron chi connectivity index (χ3n) is 6.66. The topological polar surface area (TPSA) is 112 Å². The number of thiazole rings is 1. The molecule has 0 unspecified atom stereocenters. The van der Waals surface area contributed by atoms with Crippen molar-refractivity contribution in [3.05, 3.63) is 115 Å². The van der Waals surface area contributed by atoms with E-state index in [1.54, 1.807) is 55.0 Å². The van der Waals surface area contributed by atoms with E-state index in [0.29, 0.717) is 50.0 Å². The van der Waals surface area contributed by atoms with Crippen LogP contribution in [0, 0.1) is 11.3 Å². The van der Waals surface area contributed by atoms with Gasteiger partial charge < -0.3 is 18.9 Å². The Morgan fingerprint density at radius 1 is 1.02 bits per heavy atom. The van der Waals surface area contributed by atoms with Gasteiger partial charge in [-0.25, -0.2) is 9.79 Å². The summed E-state index contributed by atoms with van der Waals surface area (Å²) in [5.41, 5.74) is 2.56. The fraction of sp³-hybridized carbons (Fsp3) is 0.212. The maximum atomic E-state index is 14.1. The first kappa shape index (κ1) is 29.4. The zero-order valence-electron chi connectivity index (χ0n) is 23.9. The largest absolute Gasteiger partial charge is 0.497 e. The Labute approximate surface area is 252 Å². The number of carbonyl (C=O) groups excluding carboxylic acids is 1. The van der Waals surface area contributed by atoms with Crippen molar-refractivity contribution in [2.24, 2.45) is 4.99 Å². The predicted molar refractivity (Wildman–Crippen MR) is 163 cm³/mol. The molecule has 0 saturated heterocycles. The third kappa shape index (κ3) is 6.08. The number of fused-ring (bicyclic) bond motifs is 1. The Kier molecular flexibility index (Phi) is 9.03. The molecule has 0 aliphatic carbocycles. The zero-order valence-corrected chi connectivity index (χ0v) is 24.7. The molecule has 1 aliphatic heterocycles. The van der Waals surface area contributed by atoms with Crippen molar-refractivity contribution in [1.29, 1.82) is 5.26 Å². The normalized spacial score (nSPS) is 14.4. The molecule has 218 valence electrons. The molecule has 9 nitrogen and oxygen atoms in total. The van der Waals surface area contributed by atoms with E-state index in [2.05, 4.69) is 0 Å². The molecule has 5 rings (SSSR count). The summed E-state index contributed by atoms with van der Waals surface area (Å²) in [6, 6.07) is 23.1. The van der Waals surface area contributed by atoms with Crippen LogP contribution in [0.5, 0.6) is 17.2 Å². The molecule has 0 saturated carbocycles. The molecule has 1 aromatic heterocycles. The van der Waals surface area contributed by atoms with Crippen LogP contribution < -0.4 is 29.1 Å². The summed E-state index contributed by atoms with van der Waals surface area (Å²) in [5, 5.41) is 8.91. The van der Waals surface area contributed by atoms with Crippen LogP contribution in [0.15, 0.2) is 88.2 Å². The van der Waals surface area contributed by atoms with Gasteiger partial charge in [0.15, 0.2) is 22.9 Å². The smallest absolute Gasteiger partial charge is 0.338 e. The van der Waals surface area contributed by atoms with E-state index in [1.807, 2.05) is 55.5 Å². The SMILES string of the molecule is CCOC(=O)C1=C(c2ccccc2)N=c2s/c(=C\c3ccc(OCC#N)c(OCC)c3)c(=O)n2[C@@H]1c1ccc(OC)cc1. The average Bonchev–Trinajstić information content (AvgIpc) is 3.34. The van der Waals surface area contributed by atoms with E-state index >= 15 is 0 Å². The van der Waals surface area contributed by atoms with Crippen molar-refractivity contribution in [3.8, 4) is 23.3 Å². The molecule has 1 atom stereocenters. The first-order valence-corrected chi connectivity index (χ1v) is 14.5. The molecule has 0 fully saturated rings. The molecular formula is C33H29N3O6S. The van der Waals surface area contributed by atoms with E-state index in [9.17, 15) is 9.59 Å². The van der Waals surface area contributed by atoms with Crippen molar-refractivity contribution in [1.82, 2.24) is 4.57 Å². The Balaban J connectivity index is 1.74. The van der Waals surface area contributed by atoms with Crippen LogP contribution in [0.2, 0.25) is 0 Å². The zero-order chi connectivity index (χ0) is 30.3. The van der Waals surface area contributed by atoms with Gasteiger partial charge in [-0.05, 0) is 55.3 Å². The third-order valence-corrected chi connectivity index (χ3v) is 7.65. The Morgan fingerprint density at radius 2 is 1.79 bits per heavy atom. The lowest BCUT2D eigenvalue weighted by molar-refractivity contribution is -0.138. The van der Waals surface area contributed by atoms with Crippen LogP contribution in [0.3, 0.4) is 0 Å². The van der Waals surface area contributed by atoms with E-state index in [1.165, 1.54) is 11.3 Å². The monoisotopic (exact) mass is 595 g/mol. The second-order valence-electron chi connectivity index (χ2n) is 9.29. The van der Waals surface area contributed by atoms with Gasteiger partial charge in [-0.2, -0.15) is 5.26 Å². The van der Waals surface area contributed by atoms with Crippen LogP contribution in [-0.4, -0.2) is 37.5 Å². The number of rotatable bonds is 10. The van der Waals surface area contributed by atoms with Gasteiger partial charge in [0.25, 0.3) is 5.56 Å². The Morgan fingerprint density at radius 3 is 2.47 bits per heavy atom. The van der Waals surface area contributed by atoms with E-state index < -0.39 is 12.0 Å². The quantitative estimate of drug-likeness (QED) is 0.252. The molecule has 3 aromatic carbocycles. The number of benzene rings is 3. The minimum Gasteiger partial charge on any atom is -0.497 e. The number of ether oxygens (including phenoxy) is 4. The fourth-order valence-electron chi connectivity index (χ4n) is 4.81. The molecule has 1 aliphatic rings. The molecule has 0 radical (unpaired) electrons. The number of nitrogens with zero attached hydrogens (tertiary/aromatic N) is 3. The predicted octanol–water partition coefficient (Wildman–Crippen LogP) is 4.25. The lowest BCUT2D eigenvalue weighted by Gasteiger charge is -2.26. The van der Waals surface area contributed by atoms with Gasteiger partial charge in [0.1, 0.15) is 11.8 Å². The average molecular weight is 596 g/mol. The molecule has 0 bridgehead atoms. The fourth-order valence-corrected chi connectivity index (χ4v) is 5.81. The lowest BCUT2D eigenvalue weighted by Crippen LogP contribution is -2.40. The van der Waals surface area contributed by atoms with Gasteiger partial charge in [-0.1, -0.05) is 59.9 Å². The van der Waals surface area contributed by atoms with E-state index in [-0.39, 0.29) is 24.3 Å². The number of aromatic nitrogens is 1. The number of methoxy groups -OCH3 is 1. The number of carbonyl (C=O) groups is 1. The molecule has 4 aromatic rings. The molecule has 0 spiro atoms. The first-order chi connectivity index (χ1) is 21.0. The molecule has 2 heterocycles. The van der Waals surface area contributed by atoms with Crippen LogP contribution in [0.4, 0.5) is 0 Å². The molecular weight excluding hydrogens is 566 g/mol. The number of hydrogen-bond acceptors (Lipinski definition) is 9. The first-order valence-electron chi connectivity index (χ1n) is 13.7. The van der Waals surface area contributed by atoms with Gasteiger partial charge in [0.05, 0.1) is 42.2 Å². The second-order valence-corrected chi connectivity index (χ2v) is 10.3. The highest BCUT2D eigenvalue weighted by Gasteiger charge is 2.35. The highest BCUT2D eigenvalue weighted by atomic mass is 32.1. The van der Waals surface area contributed by atoms with Gasteiger partial charge in [0, 0.05) is 5.56 Å². The highest BCUT2D eigenvalue weighted by Crippen LogP contribution is 2.36. The maximum absolute atomic E-state index is 14.1. The minimum absolute atomic E-state index is 0.115. The molecule has 10 heteroatoms. The van der Waals surface area contributed by atoms with Gasteiger partial charge in [-0.15, -0.1) is 0 Å². The number of hydrogen-bond donors (Lipinski definition) is 0. The van der Waals surface area contributed by atoms with Crippen molar-refractivity contribution in [2.45, 2.75) is 19.9 Å². The highest BCUT2D eigenvalue weighted by molar-refractivity contribution is 7.07. The van der Waals surface area contributed by atoms with E-state index in [4.69, 9.17) is 29.2 Å².